The van der Waals surface area contributed by atoms with Crippen LogP contribution in [0, 0.1) is 13.8 Å². The Balaban J connectivity index is 1.69. The summed E-state index contributed by atoms with van der Waals surface area (Å²) in [6.45, 7) is 4.01. The summed E-state index contributed by atoms with van der Waals surface area (Å²) in [6.07, 6.45) is 0. The lowest BCUT2D eigenvalue weighted by Crippen LogP contribution is -1.79. The lowest BCUT2D eigenvalue weighted by Gasteiger charge is -1.97. The Bertz CT molecular complexity index is 1660. The number of aryl methyl sites for hydroxylation is 2. The van der Waals surface area contributed by atoms with Crippen molar-refractivity contribution >= 4 is 44.0 Å². The number of furan rings is 1. The number of hydrogen-bond acceptors (Lipinski definition) is 4. The molecule has 4 nitrogen and oxygen atoms in total. The van der Waals surface area contributed by atoms with Crippen LogP contribution >= 0.6 is 0 Å². The van der Waals surface area contributed by atoms with Crippen LogP contribution in [-0.4, -0.2) is 4.98 Å². The van der Waals surface area contributed by atoms with E-state index < -0.39 is 0 Å². The molecule has 0 aliphatic rings. The number of fused-ring (bicyclic) bond motifs is 6. The van der Waals surface area contributed by atoms with E-state index in [4.69, 9.17) is 18.2 Å². The average molecular weight is 405 g/mol. The van der Waals surface area contributed by atoms with Gasteiger partial charge in [-0.3, -0.25) is 0 Å². The number of aromatic nitrogens is 1. The van der Waals surface area contributed by atoms with E-state index in [9.17, 15) is 0 Å². The maximum absolute atomic E-state index is 6.23. The van der Waals surface area contributed by atoms with E-state index >= 15 is 0 Å². The molecule has 3 aromatic heterocycles. The van der Waals surface area contributed by atoms with Crippen LogP contribution in [-0.2, 0) is 0 Å². The second-order valence-electron chi connectivity index (χ2n) is 7.74. The van der Waals surface area contributed by atoms with Gasteiger partial charge in [-0.25, -0.2) is 4.98 Å². The van der Waals surface area contributed by atoms with Crippen molar-refractivity contribution in [2.45, 2.75) is 13.8 Å². The van der Waals surface area contributed by atoms with Crippen LogP contribution in [0.4, 0.5) is 0 Å². The standard InChI is InChI=1S/C27H19NO3/c1-16-10-12-17(2)29-22-14-15-24-26(19(22)13-11-16)28-27(31-24)20-7-5-9-23-25(20)18-6-3-4-8-21(18)30-23/h3-15H,1-2H3. The van der Waals surface area contributed by atoms with E-state index in [1.165, 1.54) is 0 Å². The molecule has 0 N–H and O–H groups in total. The predicted molar refractivity (Wildman–Crippen MR) is 124 cm³/mol. The third kappa shape index (κ3) is 2.88. The van der Waals surface area contributed by atoms with Crippen molar-refractivity contribution in [2.75, 3.05) is 0 Å². The van der Waals surface area contributed by atoms with Crippen molar-refractivity contribution in [1.82, 2.24) is 4.98 Å². The van der Waals surface area contributed by atoms with Crippen molar-refractivity contribution in [3.05, 3.63) is 90.2 Å². The van der Waals surface area contributed by atoms with Crippen LogP contribution in [0.1, 0.15) is 11.3 Å². The Morgan fingerprint density at radius 2 is 1.35 bits per heavy atom. The predicted octanol–water partition coefficient (Wildman–Crippen LogP) is 7.88. The molecular weight excluding hydrogens is 386 g/mol. The Labute approximate surface area is 178 Å². The van der Waals surface area contributed by atoms with Crippen LogP contribution < -0.4 is 0 Å². The largest absolute Gasteiger partial charge is 0.461 e. The van der Waals surface area contributed by atoms with Crippen LogP contribution in [0.3, 0.4) is 0 Å². The van der Waals surface area contributed by atoms with Gasteiger partial charge in [-0.05, 0) is 56.3 Å². The first-order chi connectivity index (χ1) is 15.2. The van der Waals surface area contributed by atoms with E-state index in [0.29, 0.717) is 11.5 Å². The zero-order chi connectivity index (χ0) is 20.9. The third-order valence-electron chi connectivity index (χ3n) is 5.56. The van der Waals surface area contributed by atoms with Crippen LogP contribution in [0.15, 0.2) is 92.1 Å². The Morgan fingerprint density at radius 3 is 2.29 bits per heavy atom. The van der Waals surface area contributed by atoms with Gasteiger partial charge in [-0.2, -0.15) is 0 Å². The molecule has 3 aromatic carbocycles. The summed E-state index contributed by atoms with van der Waals surface area (Å²) < 4.78 is 18.3. The molecule has 4 heteroatoms. The molecule has 0 fully saturated rings. The second kappa shape index (κ2) is 6.74. The minimum Gasteiger partial charge on any atom is -0.461 e. The SMILES string of the molecule is Cc1ccc(C)oc2ccc3oc(-c4cccc5oc6ccccc6c45)nc3c2cc1. The Morgan fingerprint density at radius 1 is 0.581 bits per heavy atom. The topological polar surface area (TPSA) is 52.3 Å². The molecule has 0 radical (unpaired) electrons. The van der Waals surface area contributed by atoms with Crippen molar-refractivity contribution in [3.63, 3.8) is 0 Å². The minimum absolute atomic E-state index is 0.563. The molecule has 150 valence electrons. The van der Waals surface area contributed by atoms with Crippen molar-refractivity contribution < 1.29 is 13.3 Å². The maximum Gasteiger partial charge on any atom is 0.228 e. The molecule has 6 aromatic rings. The van der Waals surface area contributed by atoms with Gasteiger partial charge in [0.2, 0.25) is 5.89 Å². The maximum atomic E-state index is 6.23. The number of para-hydroxylation sites is 1. The van der Waals surface area contributed by atoms with Gasteiger partial charge in [0.1, 0.15) is 28.0 Å². The summed E-state index contributed by atoms with van der Waals surface area (Å²) in [5.74, 6) is 1.38. The lowest BCUT2D eigenvalue weighted by atomic mass is 10.1. The molecule has 31 heavy (non-hydrogen) atoms. The normalized spacial score (nSPS) is 11.5. The summed E-state index contributed by atoms with van der Waals surface area (Å²) in [6, 6.07) is 25.9. The molecule has 6 rings (SSSR count). The molecule has 0 atom stereocenters. The van der Waals surface area contributed by atoms with Gasteiger partial charge in [0, 0.05) is 21.7 Å². The van der Waals surface area contributed by atoms with Crippen molar-refractivity contribution in [2.24, 2.45) is 0 Å². The first-order valence-electron chi connectivity index (χ1n) is 10.2. The highest BCUT2D eigenvalue weighted by atomic mass is 16.4. The van der Waals surface area contributed by atoms with E-state index in [1.807, 2.05) is 73.7 Å². The number of rotatable bonds is 1. The minimum atomic E-state index is 0.563. The van der Waals surface area contributed by atoms with Gasteiger partial charge in [0.25, 0.3) is 0 Å². The molecule has 0 aliphatic carbocycles. The highest BCUT2D eigenvalue weighted by Gasteiger charge is 2.17. The van der Waals surface area contributed by atoms with Gasteiger partial charge in [-0.15, -0.1) is 0 Å². The van der Waals surface area contributed by atoms with Gasteiger partial charge in [0.05, 0.1) is 0 Å². The average Bonchev–Trinajstić information content (AvgIpc) is 3.38. The van der Waals surface area contributed by atoms with E-state index in [1.54, 1.807) is 0 Å². The van der Waals surface area contributed by atoms with Crippen molar-refractivity contribution in [3.8, 4) is 11.5 Å². The molecule has 0 unspecified atom stereocenters. The van der Waals surface area contributed by atoms with Gasteiger partial charge < -0.3 is 13.3 Å². The molecule has 0 amide bonds. The summed E-state index contributed by atoms with van der Waals surface area (Å²) in [5.41, 5.74) is 5.96. The molecular formula is C27H19NO3. The number of benzene rings is 3. The molecule has 0 saturated heterocycles. The molecule has 0 spiro atoms. The summed E-state index contributed by atoms with van der Waals surface area (Å²) in [4.78, 5) is 4.91. The summed E-state index contributed by atoms with van der Waals surface area (Å²) >= 11 is 0. The van der Waals surface area contributed by atoms with Crippen LogP contribution in [0.2, 0.25) is 0 Å². The van der Waals surface area contributed by atoms with Gasteiger partial charge >= 0.3 is 0 Å². The molecule has 3 heterocycles. The zero-order valence-corrected chi connectivity index (χ0v) is 17.2. The number of hydrogen-bond donors (Lipinski definition) is 0. The molecule has 0 saturated carbocycles. The first-order valence-corrected chi connectivity index (χ1v) is 10.2. The van der Waals surface area contributed by atoms with E-state index in [2.05, 4.69) is 19.1 Å². The zero-order valence-electron chi connectivity index (χ0n) is 17.2. The number of oxazole rings is 1. The number of nitrogens with zero attached hydrogens (tertiary/aromatic N) is 1. The summed E-state index contributed by atoms with van der Waals surface area (Å²) in [7, 11) is 0. The summed E-state index contributed by atoms with van der Waals surface area (Å²) in [5, 5.41) is 2.96. The van der Waals surface area contributed by atoms with Gasteiger partial charge in [0.15, 0.2) is 5.58 Å². The Kier molecular flexibility index (Phi) is 3.87. The van der Waals surface area contributed by atoms with E-state index in [-0.39, 0.29) is 0 Å². The fraction of sp³-hybridized carbons (Fsp3) is 0.0741. The fourth-order valence-electron chi connectivity index (χ4n) is 4.04. The highest BCUT2D eigenvalue weighted by molar-refractivity contribution is 6.12. The second-order valence-corrected chi connectivity index (χ2v) is 7.74. The first kappa shape index (κ1) is 17.8. The van der Waals surface area contributed by atoms with Crippen LogP contribution in [0.25, 0.3) is 55.5 Å². The van der Waals surface area contributed by atoms with E-state index in [0.717, 1.165) is 55.3 Å². The van der Waals surface area contributed by atoms with Crippen molar-refractivity contribution in [1.29, 1.82) is 0 Å². The third-order valence-corrected chi connectivity index (χ3v) is 5.56. The lowest BCUT2D eigenvalue weighted by molar-refractivity contribution is 0.569. The van der Waals surface area contributed by atoms with Gasteiger partial charge in [-0.1, -0.05) is 42.0 Å². The Hall–Kier alpha value is -4.05. The monoisotopic (exact) mass is 405 g/mol. The smallest absolute Gasteiger partial charge is 0.228 e. The highest BCUT2D eigenvalue weighted by Crippen LogP contribution is 2.38. The van der Waals surface area contributed by atoms with Crippen LogP contribution in [0.5, 0.6) is 0 Å². The molecule has 0 bridgehead atoms. The molecule has 0 aliphatic heterocycles. The quantitative estimate of drug-likeness (QED) is 0.279. The fourth-order valence-corrected chi connectivity index (χ4v) is 4.04.